The van der Waals surface area contributed by atoms with E-state index < -0.39 is 16.1 Å². The first-order valence-corrected chi connectivity index (χ1v) is 12.0. The molecule has 1 heterocycles. The number of anilines is 1. The van der Waals surface area contributed by atoms with Crippen LogP contribution in [0.1, 0.15) is 25.3 Å². The lowest BCUT2D eigenvalue weighted by molar-refractivity contribution is -0.909. The molecule has 1 saturated heterocycles. The summed E-state index contributed by atoms with van der Waals surface area (Å²) in [6.45, 7) is 6.78. The number of piperidine rings is 1. The zero-order chi connectivity index (χ0) is 21.7. The van der Waals surface area contributed by atoms with Crippen LogP contribution in [0.5, 0.6) is 5.75 Å². The van der Waals surface area contributed by atoms with Gasteiger partial charge in [0.05, 0.1) is 37.3 Å². The first-order chi connectivity index (χ1) is 14.3. The molecule has 0 bridgehead atoms. The molecule has 30 heavy (non-hydrogen) atoms. The van der Waals surface area contributed by atoms with Crippen molar-refractivity contribution in [2.75, 3.05) is 37.6 Å². The van der Waals surface area contributed by atoms with Crippen LogP contribution in [0.4, 0.5) is 5.69 Å². The lowest BCUT2D eigenvalue weighted by Gasteiger charge is -2.31. The van der Waals surface area contributed by atoms with Crippen molar-refractivity contribution in [3.63, 3.8) is 0 Å². The van der Waals surface area contributed by atoms with Crippen molar-refractivity contribution >= 4 is 15.7 Å². The van der Waals surface area contributed by atoms with Gasteiger partial charge >= 0.3 is 0 Å². The lowest BCUT2D eigenvalue weighted by Crippen LogP contribution is -3.14. The summed E-state index contributed by atoms with van der Waals surface area (Å²) in [5.74, 6) is 1.38. The summed E-state index contributed by atoms with van der Waals surface area (Å²) >= 11 is 0. The van der Waals surface area contributed by atoms with E-state index in [1.54, 1.807) is 55.6 Å². The zero-order valence-electron chi connectivity index (χ0n) is 18.0. The minimum atomic E-state index is -3.81. The van der Waals surface area contributed by atoms with Crippen molar-refractivity contribution in [1.82, 2.24) is 0 Å². The molecule has 0 saturated carbocycles. The Balaban J connectivity index is 1.84. The Kier molecular flexibility index (Phi) is 7.39. The second kappa shape index (κ2) is 9.81. The van der Waals surface area contributed by atoms with Crippen molar-refractivity contribution in [1.29, 1.82) is 0 Å². The van der Waals surface area contributed by atoms with Crippen LogP contribution in [0.25, 0.3) is 0 Å². The molecule has 0 amide bonds. The number of aliphatic hydroxyl groups excluding tert-OH is 1. The second-order valence-corrected chi connectivity index (χ2v) is 10.2. The van der Waals surface area contributed by atoms with Gasteiger partial charge in [-0.15, -0.1) is 0 Å². The molecule has 2 N–H and O–H groups in total. The fourth-order valence-electron chi connectivity index (χ4n) is 3.89. The summed E-state index contributed by atoms with van der Waals surface area (Å²) in [5.41, 5.74) is 1.51. The number of nitrogens with zero attached hydrogens (tertiary/aromatic N) is 1. The van der Waals surface area contributed by atoms with Gasteiger partial charge in [-0.25, -0.2) is 8.42 Å². The molecule has 0 aromatic heterocycles. The lowest BCUT2D eigenvalue weighted by atomic mass is 9.99. The van der Waals surface area contributed by atoms with Crippen LogP contribution in [0, 0.1) is 12.8 Å². The highest BCUT2D eigenvalue weighted by Crippen LogP contribution is 2.26. The van der Waals surface area contributed by atoms with Crippen molar-refractivity contribution in [3.8, 4) is 5.75 Å². The monoisotopic (exact) mass is 433 g/mol. The summed E-state index contributed by atoms with van der Waals surface area (Å²) in [4.78, 5) is 1.55. The van der Waals surface area contributed by atoms with Crippen LogP contribution in [-0.4, -0.2) is 52.9 Å². The number of ether oxygens (including phenoxy) is 1. The van der Waals surface area contributed by atoms with Crippen LogP contribution < -0.4 is 13.9 Å². The van der Waals surface area contributed by atoms with Gasteiger partial charge in [-0.3, -0.25) is 4.31 Å². The molecule has 1 atom stereocenters. The number of hydrogen-bond donors (Lipinski definition) is 2. The third-order valence-corrected chi connectivity index (χ3v) is 7.66. The highest BCUT2D eigenvalue weighted by molar-refractivity contribution is 7.92. The quantitative estimate of drug-likeness (QED) is 0.667. The molecule has 0 unspecified atom stereocenters. The van der Waals surface area contributed by atoms with Crippen LogP contribution in [0.15, 0.2) is 53.4 Å². The molecule has 1 aliphatic rings. The van der Waals surface area contributed by atoms with Gasteiger partial charge in [0.25, 0.3) is 10.0 Å². The molecule has 0 radical (unpaired) electrons. The Morgan fingerprint density at radius 1 is 1.10 bits per heavy atom. The van der Waals surface area contributed by atoms with E-state index in [0.717, 1.165) is 37.4 Å². The third-order valence-electron chi connectivity index (χ3n) is 5.85. The first kappa shape index (κ1) is 22.6. The molecule has 2 aromatic rings. The molecule has 3 rings (SSSR count). The fourth-order valence-corrected chi connectivity index (χ4v) is 5.39. The van der Waals surface area contributed by atoms with E-state index in [-0.39, 0.29) is 11.4 Å². The van der Waals surface area contributed by atoms with Crippen LogP contribution >= 0.6 is 0 Å². The predicted molar refractivity (Wildman–Crippen MR) is 119 cm³/mol. The minimum Gasteiger partial charge on any atom is -0.497 e. The number of aliphatic hydroxyl groups is 1. The summed E-state index contributed by atoms with van der Waals surface area (Å²) in [6.07, 6.45) is 1.54. The van der Waals surface area contributed by atoms with Gasteiger partial charge in [0.2, 0.25) is 0 Å². The van der Waals surface area contributed by atoms with Crippen LogP contribution in [0.2, 0.25) is 0 Å². The smallest absolute Gasteiger partial charge is 0.264 e. The maximum atomic E-state index is 13.4. The molecule has 0 spiro atoms. The van der Waals surface area contributed by atoms with Gasteiger partial charge in [0.15, 0.2) is 0 Å². The maximum absolute atomic E-state index is 13.4. The van der Waals surface area contributed by atoms with E-state index >= 15 is 0 Å². The Bertz CT molecular complexity index is 905. The van der Waals surface area contributed by atoms with Gasteiger partial charge in [-0.1, -0.05) is 24.6 Å². The Morgan fingerprint density at radius 2 is 1.70 bits per heavy atom. The molecule has 2 aromatic carbocycles. The van der Waals surface area contributed by atoms with Crippen LogP contribution in [0.3, 0.4) is 0 Å². The number of likely N-dealkylation sites (tertiary alicyclic amines) is 1. The van der Waals surface area contributed by atoms with Gasteiger partial charge in [-0.05, 0) is 62.1 Å². The summed E-state index contributed by atoms with van der Waals surface area (Å²) in [6, 6.07) is 13.7. The summed E-state index contributed by atoms with van der Waals surface area (Å²) in [5, 5.41) is 10.8. The molecule has 164 valence electrons. The van der Waals surface area contributed by atoms with Crippen molar-refractivity contribution < 1.29 is 23.2 Å². The molecular formula is C23H33N2O4S+. The average molecular weight is 434 g/mol. The van der Waals surface area contributed by atoms with E-state index in [4.69, 9.17) is 4.74 Å². The van der Waals surface area contributed by atoms with Gasteiger partial charge in [0.1, 0.15) is 18.4 Å². The molecule has 6 nitrogen and oxygen atoms in total. The van der Waals surface area contributed by atoms with E-state index in [1.165, 1.54) is 9.21 Å². The van der Waals surface area contributed by atoms with Gasteiger partial charge in [0, 0.05) is 0 Å². The molecule has 0 aliphatic carbocycles. The standard InChI is InChI=1S/C23H32N2O4S/c1-18-4-10-23(11-5-18)30(27,28)25(20-6-8-22(29-3)9-7-20)17-21(26)16-24-14-12-19(2)13-15-24/h4-11,19,21,26H,12-17H2,1-3H3/p+1/t21-/m1/s1. The minimum absolute atomic E-state index is 0.0155. The number of sulfonamides is 1. The molecular weight excluding hydrogens is 400 g/mol. The highest BCUT2D eigenvalue weighted by atomic mass is 32.2. The topological polar surface area (TPSA) is 71.3 Å². The van der Waals surface area contributed by atoms with Crippen molar-refractivity contribution in [3.05, 3.63) is 54.1 Å². The summed E-state index contributed by atoms with van der Waals surface area (Å²) in [7, 11) is -2.24. The first-order valence-electron chi connectivity index (χ1n) is 10.5. The van der Waals surface area contributed by atoms with E-state index in [0.29, 0.717) is 18.0 Å². The number of nitrogens with one attached hydrogen (secondary N) is 1. The number of hydrogen-bond acceptors (Lipinski definition) is 4. The summed E-state index contributed by atoms with van der Waals surface area (Å²) < 4.78 is 33.4. The number of aryl methyl sites for hydroxylation is 1. The van der Waals surface area contributed by atoms with E-state index in [1.807, 2.05) is 6.92 Å². The number of quaternary nitrogens is 1. The van der Waals surface area contributed by atoms with E-state index in [2.05, 4.69) is 6.92 Å². The molecule has 1 aliphatic heterocycles. The van der Waals surface area contributed by atoms with Gasteiger partial charge < -0.3 is 14.7 Å². The maximum Gasteiger partial charge on any atom is 0.264 e. The number of benzene rings is 2. The number of rotatable bonds is 8. The van der Waals surface area contributed by atoms with Crippen LogP contribution in [-0.2, 0) is 10.0 Å². The van der Waals surface area contributed by atoms with Crippen molar-refractivity contribution in [2.45, 2.75) is 37.7 Å². The zero-order valence-corrected chi connectivity index (χ0v) is 18.9. The Morgan fingerprint density at radius 3 is 2.27 bits per heavy atom. The second-order valence-electron chi connectivity index (χ2n) is 8.34. The fraction of sp³-hybridized carbons (Fsp3) is 0.478. The predicted octanol–water partition coefficient (Wildman–Crippen LogP) is 1.87. The SMILES string of the molecule is COc1ccc(N(C[C@H](O)C[NH+]2CCC(C)CC2)S(=O)(=O)c2ccc(C)cc2)cc1. The Labute approximate surface area is 180 Å². The Hall–Kier alpha value is -2.09. The molecule has 1 fully saturated rings. The normalized spacial score (nSPS) is 20.5. The van der Waals surface area contributed by atoms with Gasteiger partial charge in [-0.2, -0.15) is 0 Å². The molecule has 7 heteroatoms. The highest BCUT2D eigenvalue weighted by Gasteiger charge is 2.29. The van der Waals surface area contributed by atoms with E-state index in [9.17, 15) is 13.5 Å². The average Bonchev–Trinajstić information content (AvgIpc) is 2.74. The van der Waals surface area contributed by atoms with Crippen molar-refractivity contribution in [2.24, 2.45) is 5.92 Å². The third kappa shape index (κ3) is 5.53. The largest absolute Gasteiger partial charge is 0.497 e. The number of methoxy groups -OCH3 is 1.